The molecule has 2 aromatic rings. The number of pyridine rings is 1. The van der Waals surface area contributed by atoms with Gasteiger partial charge >= 0.3 is 0 Å². The van der Waals surface area contributed by atoms with Crippen LogP contribution in [0.15, 0.2) is 18.3 Å². The highest BCUT2D eigenvalue weighted by atomic mass is 32.1. The van der Waals surface area contributed by atoms with Crippen LogP contribution in [0.4, 0.5) is 5.69 Å². The average Bonchev–Trinajstić information content (AvgIpc) is 3.04. The van der Waals surface area contributed by atoms with Crippen LogP contribution in [0.1, 0.15) is 12.8 Å². The molecule has 2 aromatic heterocycles. The van der Waals surface area contributed by atoms with E-state index in [-0.39, 0.29) is 0 Å². The molecule has 19 heavy (non-hydrogen) atoms. The van der Waals surface area contributed by atoms with E-state index in [0.717, 1.165) is 18.8 Å². The van der Waals surface area contributed by atoms with Crippen molar-refractivity contribution < 1.29 is 0 Å². The third-order valence-corrected chi connectivity index (χ3v) is 3.86. The number of nitrogens with two attached hydrogens (primary N) is 1. The average molecular weight is 276 g/mol. The maximum Gasteiger partial charge on any atom is 0.216 e. The highest BCUT2D eigenvalue weighted by molar-refractivity contribution is 7.71. The predicted octanol–water partition coefficient (Wildman–Crippen LogP) is 1.33. The second kappa shape index (κ2) is 4.65. The molecular weight excluding hydrogens is 260 g/mol. The predicted molar refractivity (Wildman–Crippen MR) is 76.9 cm³/mol. The molecule has 0 aromatic carbocycles. The summed E-state index contributed by atoms with van der Waals surface area (Å²) in [6, 6.07) is 4.04. The number of rotatable bonds is 2. The molecule has 1 aliphatic rings. The minimum Gasteiger partial charge on any atom is -0.371 e. The van der Waals surface area contributed by atoms with Crippen molar-refractivity contribution in [3.8, 4) is 11.5 Å². The number of nitrogens with zero attached hydrogens (tertiary/aromatic N) is 5. The Morgan fingerprint density at radius 1 is 1.32 bits per heavy atom. The molecule has 0 saturated carbocycles. The van der Waals surface area contributed by atoms with Crippen LogP contribution in [0.25, 0.3) is 11.5 Å². The van der Waals surface area contributed by atoms with Crippen molar-refractivity contribution in [2.45, 2.75) is 12.8 Å². The molecular formula is C12H16N6S. The van der Waals surface area contributed by atoms with E-state index in [1.807, 2.05) is 12.1 Å². The van der Waals surface area contributed by atoms with Crippen LogP contribution < -0.4 is 10.7 Å². The van der Waals surface area contributed by atoms with Gasteiger partial charge in [0.2, 0.25) is 4.77 Å². The van der Waals surface area contributed by atoms with Crippen molar-refractivity contribution in [2.24, 2.45) is 7.05 Å². The molecule has 3 rings (SSSR count). The fourth-order valence-corrected chi connectivity index (χ4v) is 2.50. The molecule has 0 spiro atoms. The van der Waals surface area contributed by atoms with Crippen molar-refractivity contribution in [2.75, 3.05) is 23.8 Å². The summed E-state index contributed by atoms with van der Waals surface area (Å²) >= 11 is 5.16. The van der Waals surface area contributed by atoms with E-state index >= 15 is 0 Å². The zero-order valence-corrected chi connectivity index (χ0v) is 11.6. The molecule has 1 saturated heterocycles. The first kappa shape index (κ1) is 12.2. The molecule has 0 unspecified atom stereocenters. The quantitative estimate of drug-likeness (QED) is 0.662. The van der Waals surface area contributed by atoms with Gasteiger partial charge in [0.25, 0.3) is 0 Å². The van der Waals surface area contributed by atoms with Gasteiger partial charge in [0.1, 0.15) is 5.69 Å². The third-order valence-electron chi connectivity index (χ3n) is 3.40. The lowest BCUT2D eigenvalue weighted by atomic mass is 10.3. The largest absolute Gasteiger partial charge is 0.371 e. The number of hydrogen-bond donors (Lipinski definition) is 1. The molecule has 0 atom stereocenters. The van der Waals surface area contributed by atoms with E-state index in [1.165, 1.54) is 23.2 Å². The second-order valence-electron chi connectivity index (χ2n) is 4.69. The van der Waals surface area contributed by atoms with Gasteiger partial charge in [0.15, 0.2) is 5.82 Å². The molecule has 0 bridgehead atoms. The zero-order chi connectivity index (χ0) is 13.4. The van der Waals surface area contributed by atoms with Gasteiger partial charge in [-0.3, -0.25) is 4.98 Å². The summed E-state index contributed by atoms with van der Waals surface area (Å²) in [4.78, 5) is 6.70. The van der Waals surface area contributed by atoms with Gasteiger partial charge in [-0.25, -0.2) is 9.36 Å². The van der Waals surface area contributed by atoms with Gasteiger partial charge in [-0.15, -0.1) is 5.10 Å². The van der Waals surface area contributed by atoms with E-state index in [0.29, 0.717) is 10.6 Å². The van der Waals surface area contributed by atoms with Crippen molar-refractivity contribution >= 4 is 17.9 Å². The van der Waals surface area contributed by atoms with Gasteiger partial charge in [0.05, 0.1) is 0 Å². The maximum absolute atomic E-state index is 5.91. The van der Waals surface area contributed by atoms with Gasteiger partial charge in [0, 0.05) is 32.0 Å². The van der Waals surface area contributed by atoms with E-state index < -0.39 is 0 Å². The Morgan fingerprint density at radius 3 is 2.68 bits per heavy atom. The summed E-state index contributed by atoms with van der Waals surface area (Å²) in [5, 5.41) is 4.32. The minimum atomic E-state index is 0.475. The van der Waals surface area contributed by atoms with E-state index in [4.69, 9.17) is 18.1 Å². The SMILES string of the molecule is Cn1nc(-c2cc(N3CCCC3)ccn2)n(N)c1=S. The first-order valence-electron chi connectivity index (χ1n) is 6.29. The zero-order valence-electron chi connectivity index (χ0n) is 10.8. The van der Waals surface area contributed by atoms with E-state index in [1.54, 1.807) is 17.9 Å². The summed E-state index contributed by atoms with van der Waals surface area (Å²) in [6.07, 6.45) is 4.28. The number of aryl methyl sites for hydroxylation is 1. The van der Waals surface area contributed by atoms with Crippen molar-refractivity contribution in [3.05, 3.63) is 23.1 Å². The molecule has 1 aliphatic heterocycles. The summed E-state index contributed by atoms with van der Waals surface area (Å²) in [5.74, 6) is 6.51. The standard InChI is InChI=1S/C12H16N6S/c1-16-12(19)18(13)11(15-16)10-8-9(4-5-14-10)17-6-2-3-7-17/h4-5,8H,2-3,6-7,13H2,1H3. The van der Waals surface area contributed by atoms with E-state index in [2.05, 4.69) is 15.0 Å². The fraction of sp³-hybridized carbons (Fsp3) is 0.417. The molecule has 100 valence electrons. The van der Waals surface area contributed by atoms with Crippen LogP contribution in [-0.2, 0) is 7.05 Å². The molecule has 2 N–H and O–H groups in total. The topological polar surface area (TPSA) is 64.9 Å². The third kappa shape index (κ3) is 2.10. The molecule has 1 fully saturated rings. The number of hydrogen-bond acceptors (Lipinski definition) is 5. The van der Waals surface area contributed by atoms with Crippen LogP contribution in [-0.4, -0.2) is 32.5 Å². The highest BCUT2D eigenvalue weighted by Crippen LogP contribution is 2.23. The van der Waals surface area contributed by atoms with Gasteiger partial charge in [-0.2, -0.15) is 0 Å². The van der Waals surface area contributed by atoms with Crippen molar-refractivity contribution in [1.82, 2.24) is 19.4 Å². The molecule has 6 nitrogen and oxygen atoms in total. The first-order chi connectivity index (χ1) is 9.16. The Hall–Kier alpha value is -1.89. The molecule has 0 aliphatic carbocycles. The summed E-state index contributed by atoms with van der Waals surface area (Å²) < 4.78 is 3.45. The second-order valence-corrected chi connectivity index (χ2v) is 5.06. The van der Waals surface area contributed by atoms with Crippen LogP contribution in [0, 0.1) is 4.77 Å². The van der Waals surface area contributed by atoms with Crippen molar-refractivity contribution in [3.63, 3.8) is 0 Å². The molecule has 3 heterocycles. The molecule has 0 radical (unpaired) electrons. The summed E-state index contributed by atoms with van der Waals surface area (Å²) in [7, 11) is 1.78. The van der Waals surface area contributed by atoms with Gasteiger partial charge < -0.3 is 10.7 Å². The van der Waals surface area contributed by atoms with Crippen molar-refractivity contribution in [1.29, 1.82) is 0 Å². The van der Waals surface area contributed by atoms with Gasteiger partial charge in [-0.05, 0) is 37.2 Å². The Morgan fingerprint density at radius 2 is 2.05 bits per heavy atom. The van der Waals surface area contributed by atoms with Gasteiger partial charge in [-0.1, -0.05) is 0 Å². The lowest BCUT2D eigenvalue weighted by Crippen LogP contribution is -2.18. The van der Waals surface area contributed by atoms with E-state index in [9.17, 15) is 0 Å². The number of nitrogen functional groups attached to an aromatic ring is 1. The lowest BCUT2D eigenvalue weighted by molar-refractivity contribution is 0.747. The summed E-state index contributed by atoms with van der Waals surface area (Å²) in [5.41, 5.74) is 1.91. The fourth-order valence-electron chi connectivity index (χ4n) is 2.37. The normalized spacial score (nSPS) is 15.1. The smallest absolute Gasteiger partial charge is 0.216 e. The summed E-state index contributed by atoms with van der Waals surface area (Å²) in [6.45, 7) is 2.20. The number of anilines is 1. The molecule has 7 heteroatoms. The molecule has 0 amide bonds. The minimum absolute atomic E-state index is 0.475. The van der Waals surface area contributed by atoms with Crippen LogP contribution in [0.5, 0.6) is 0 Å². The lowest BCUT2D eigenvalue weighted by Gasteiger charge is -2.17. The highest BCUT2D eigenvalue weighted by Gasteiger charge is 2.15. The Balaban J connectivity index is 2.03. The monoisotopic (exact) mass is 276 g/mol. The van der Waals surface area contributed by atoms with Crippen LogP contribution in [0.2, 0.25) is 0 Å². The Bertz CT molecular complexity index is 652. The Labute approximate surface area is 116 Å². The Kier molecular flexibility index (Phi) is 2.98. The first-order valence-corrected chi connectivity index (χ1v) is 6.70. The van der Waals surface area contributed by atoms with Crippen LogP contribution in [0.3, 0.4) is 0 Å². The number of aromatic nitrogens is 4. The van der Waals surface area contributed by atoms with Crippen LogP contribution >= 0.6 is 12.2 Å². The maximum atomic E-state index is 5.91.